The van der Waals surface area contributed by atoms with Crippen LogP contribution < -0.4 is 10.6 Å². The first-order valence-corrected chi connectivity index (χ1v) is 7.51. The standard InChI is InChI=1S/C20H18N2O2/c1-21-20(24)18-12-9-17(10-13-18)11-14-19(23)22-15-5-8-16-6-3-2-4-7-16/h2-4,6-7,9-14H,15H2,1H3,(H,21,24)(H,22,23)/b14-11+. The van der Waals surface area contributed by atoms with E-state index in [4.69, 9.17) is 0 Å². The lowest BCUT2D eigenvalue weighted by Crippen LogP contribution is -2.20. The zero-order valence-corrected chi connectivity index (χ0v) is 13.4. The smallest absolute Gasteiger partial charge is 0.251 e. The third-order valence-electron chi connectivity index (χ3n) is 3.18. The van der Waals surface area contributed by atoms with Gasteiger partial charge in [-0.25, -0.2) is 0 Å². The van der Waals surface area contributed by atoms with Gasteiger partial charge in [-0.15, -0.1) is 0 Å². The fourth-order valence-corrected chi connectivity index (χ4v) is 1.92. The molecule has 0 saturated carbocycles. The van der Waals surface area contributed by atoms with Crippen molar-refractivity contribution in [3.8, 4) is 11.8 Å². The van der Waals surface area contributed by atoms with E-state index < -0.39 is 0 Å². The highest BCUT2D eigenvalue weighted by Gasteiger charge is 2.01. The number of amides is 2. The lowest BCUT2D eigenvalue weighted by Gasteiger charge is -2.00. The molecule has 4 heteroatoms. The maximum absolute atomic E-state index is 11.7. The molecule has 0 aliphatic heterocycles. The van der Waals surface area contributed by atoms with Gasteiger partial charge in [0.05, 0.1) is 6.54 Å². The molecule has 2 N–H and O–H groups in total. The predicted octanol–water partition coefficient (Wildman–Crippen LogP) is 2.23. The summed E-state index contributed by atoms with van der Waals surface area (Å²) in [6, 6.07) is 16.6. The van der Waals surface area contributed by atoms with Gasteiger partial charge in [0, 0.05) is 24.3 Å². The molecule has 0 radical (unpaired) electrons. The molecule has 0 aromatic heterocycles. The molecule has 0 aliphatic carbocycles. The maximum Gasteiger partial charge on any atom is 0.251 e. The van der Waals surface area contributed by atoms with Gasteiger partial charge in [0.15, 0.2) is 0 Å². The number of hydrogen-bond donors (Lipinski definition) is 2. The molecular weight excluding hydrogens is 300 g/mol. The largest absolute Gasteiger partial charge is 0.355 e. The van der Waals surface area contributed by atoms with Gasteiger partial charge in [-0.1, -0.05) is 42.2 Å². The van der Waals surface area contributed by atoms with Crippen molar-refractivity contribution in [3.05, 3.63) is 77.4 Å². The van der Waals surface area contributed by atoms with Crippen LogP contribution >= 0.6 is 0 Å². The summed E-state index contributed by atoms with van der Waals surface area (Å²) in [6.07, 6.45) is 3.13. The minimum Gasteiger partial charge on any atom is -0.355 e. The second kappa shape index (κ2) is 8.96. The summed E-state index contributed by atoms with van der Waals surface area (Å²) in [6.45, 7) is 0.285. The Morgan fingerprint density at radius 3 is 2.42 bits per heavy atom. The SMILES string of the molecule is CNC(=O)c1ccc(/C=C/C(=O)NCC#Cc2ccccc2)cc1. The Kier molecular flexibility index (Phi) is 6.36. The van der Waals surface area contributed by atoms with Crippen LogP contribution in [0.5, 0.6) is 0 Å². The molecule has 0 aliphatic rings. The minimum absolute atomic E-state index is 0.139. The van der Waals surface area contributed by atoms with E-state index in [1.165, 1.54) is 6.08 Å². The molecular formula is C20H18N2O2. The highest BCUT2D eigenvalue weighted by Crippen LogP contribution is 2.06. The molecule has 120 valence electrons. The lowest BCUT2D eigenvalue weighted by molar-refractivity contribution is -0.116. The number of nitrogens with one attached hydrogen (secondary N) is 2. The van der Waals surface area contributed by atoms with Crippen molar-refractivity contribution in [2.75, 3.05) is 13.6 Å². The number of hydrogen-bond acceptors (Lipinski definition) is 2. The lowest BCUT2D eigenvalue weighted by atomic mass is 10.1. The molecule has 0 heterocycles. The van der Waals surface area contributed by atoms with E-state index in [0.29, 0.717) is 5.56 Å². The van der Waals surface area contributed by atoms with Gasteiger partial charge >= 0.3 is 0 Å². The van der Waals surface area contributed by atoms with Crippen molar-refractivity contribution < 1.29 is 9.59 Å². The van der Waals surface area contributed by atoms with E-state index in [1.807, 2.05) is 30.3 Å². The zero-order valence-electron chi connectivity index (χ0n) is 13.4. The molecule has 0 fully saturated rings. The molecule has 2 amide bonds. The zero-order chi connectivity index (χ0) is 17.2. The quantitative estimate of drug-likeness (QED) is 0.671. The summed E-state index contributed by atoms with van der Waals surface area (Å²) in [4.78, 5) is 23.2. The highest BCUT2D eigenvalue weighted by atomic mass is 16.2. The molecule has 2 aromatic carbocycles. The number of carbonyl (C=O) groups excluding carboxylic acids is 2. The van der Waals surface area contributed by atoms with Crippen molar-refractivity contribution in [1.29, 1.82) is 0 Å². The fourth-order valence-electron chi connectivity index (χ4n) is 1.92. The van der Waals surface area contributed by atoms with Crippen LogP contribution in [0.2, 0.25) is 0 Å². The monoisotopic (exact) mass is 318 g/mol. The second-order valence-corrected chi connectivity index (χ2v) is 4.92. The van der Waals surface area contributed by atoms with Gasteiger partial charge < -0.3 is 10.6 Å². The van der Waals surface area contributed by atoms with Crippen molar-refractivity contribution in [3.63, 3.8) is 0 Å². The van der Waals surface area contributed by atoms with Crippen LogP contribution in [0.3, 0.4) is 0 Å². The molecule has 4 nitrogen and oxygen atoms in total. The van der Waals surface area contributed by atoms with Crippen LogP contribution in [0.1, 0.15) is 21.5 Å². The Bertz CT molecular complexity index is 782. The summed E-state index contributed by atoms with van der Waals surface area (Å²) in [5.74, 6) is 5.51. The van der Waals surface area contributed by atoms with Crippen molar-refractivity contribution in [1.82, 2.24) is 10.6 Å². The van der Waals surface area contributed by atoms with Crippen LogP contribution in [0, 0.1) is 11.8 Å². The maximum atomic E-state index is 11.7. The minimum atomic E-state index is -0.215. The Labute approximate surface area is 141 Å². The van der Waals surface area contributed by atoms with Gasteiger partial charge in [0.2, 0.25) is 5.91 Å². The van der Waals surface area contributed by atoms with Crippen LogP contribution in [0.15, 0.2) is 60.7 Å². The average Bonchev–Trinajstić information content (AvgIpc) is 2.64. The van der Waals surface area contributed by atoms with Crippen molar-refractivity contribution in [2.24, 2.45) is 0 Å². The van der Waals surface area contributed by atoms with E-state index in [1.54, 1.807) is 37.4 Å². The second-order valence-electron chi connectivity index (χ2n) is 4.92. The van der Waals surface area contributed by atoms with Crippen LogP contribution in [-0.2, 0) is 4.79 Å². The average molecular weight is 318 g/mol. The molecule has 2 rings (SSSR count). The summed E-state index contributed by atoms with van der Waals surface area (Å²) in [5.41, 5.74) is 2.34. The van der Waals surface area contributed by atoms with E-state index >= 15 is 0 Å². The van der Waals surface area contributed by atoms with Gasteiger partial charge in [0.25, 0.3) is 5.91 Å². The number of carbonyl (C=O) groups is 2. The first-order valence-electron chi connectivity index (χ1n) is 7.51. The van der Waals surface area contributed by atoms with E-state index in [2.05, 4.69) is 22.5 Å². The summed E-state index contributed by atoms with van der Waals surface area (Å²) < 4.78 is 0. The van der Waals surface area contributed by atoms with E-state index in [9.17, 15) is 9.59 Å². The molecule has 24 heavy (non-hydrogen) atoms. The summed E-state index contributed by atoms with van der Waals surface area (Å²) in [7, 11) is 1.58. The van der Waals surface area contributed by atoms with E-state index in [-0.39, 0.29) is 18.4 Å². The van der Waals surface area contributed by atoms with Gasteiger partial charge in [-0.2, -0.15) is 0 Å². The third kappa shape index (κ3) is 5.47. The Morgan fingerprint density at radius 2 is 1.75 bits per heavy atom. The first-order chi connectivity index (χ1) is 11.7. The Hall–Kier alpha value is -3.32. The Balaban J connectivity index is 1.83. The van der Waals surface area contributed by atoms with Crippen molar-refractivity contribution in [2.45, 2.75) is 0 Å². The third-order valence-corrected chi connectivity index (χ3v) is 3.18. The number of rotatable bonds is 4. The first kappa shape index (κ1) is 17.0. The van der Waals surface area contributed by atoms with Gasteiger partial charge in [0.1, 0.15) is 0 Å². The Morgan fingerprint density at radius 1 is 1.04 bits per heavy atom. The summed E-state index contributed by atoms with van der Waals surface area (Å²) in [5, 5.41) is 5.26. The fraction of sp³-hybridized carbons (Fsp3) is 0.100. The van der Waals surface area contributed by atoms with E-state index in [0.717, 1.165) is 11.1 Å². The molecule has 0 atom stereocenters. The highest BCUT2D eigenvalue weighted by molar-refractivity contribution is 5.94. The topological polar surface area (TPSA) is 58.2 Å². The summed E-state index contributed by atoms with van der Waals surface area (Å²) >= 11 is 0. The van der Waals surface area contributed by atoms with Crippen LogP contribution in [0.25, 0.3) is 6.08 Å². The van der Waals surface area contributed by atoms with Crippen LogP contribution in [-0.4, -0.2) is 25.4 Å². The predicted molar refractivity (Wildman–Crippen MR) is 95.2 cm³/mol. The molecule has 0 bridgehead atoms. The molecule has 0 spiro atoms. The van der Waals surface area contributed by atoms with Crippen molar-refractivity contribution >= 4 is 17.9 Å². The molecule has 0 unspecified atom stereocenters. The normalized spacial score (nSPS) is 9.88. The van der Waals surface area contributed by atoms with Gasteiger partial charge in [-0.3, -0.25) is 9.59 Å². The van der Waals surface area contributed by atoms with Crippen LogP contribution in [0.4, 0.5) is 0 Å². The molecule has 2 aromatic rings. The van der Waals surface area contributed by atoms with Gasteiger partial charge in [-0.05, 0) is 35.9 Å². The number of benzene rings is 2. The molecule has 0 saturated heterocycles.